The van der Waals surface area contributed by atoms with E-state index in [2.05, 4.69) is 17.6 Å². The van der Waals surface area contributed by atoms with Crippen LogP contribution in [-0.2, 0) is 18.4 Å². The molecule has 38 heavy (non-hydrogen) atoms. The summed E-state index contributed by atoms with van der Waals surface area (Å²) >= 11 is 0. The molecule has 0 aliphatic carbocycles. The van der Waals surface area contributed by atoms with Gasteiger partial charge in [-0.1, -0.05) is 30.8 Å². The molecule has 0 aliphatic heterocycles. The van der Waals surface area contributed by atoms with Gasteiger partial charge in [-0.3, -0.25) is 13.8 Å². The van der Waals surface area contributed by atoms with E-state index < -0.39 is 14.1 Å². The Morgan fingerprint density at radius 2 is 1.97 bits per heavy atom. The fraction of sp³-hybridized carbons (Fsp3) is 0.179. The minimum atomic E-state index is -4.28. The first-order valence-electron chi connectivity index (χ1n) is 11.8. The van der Waals surface area contributed by atoms with Crippen LogP contribution in [0.5, 0.6) is 0 Å². The van der Waals surface area contributed by atoms with E-state index in [1.54, 1.807) is 56.1 Å². The smallest absolute Gasteiger partial charge is 0.312 e. The van der Waals surface area contributed by atoms with Crippen molar-refractivity contribution in [1.82, 2.24) is 9.55 Å². The summed E-state index contributed by atoms with van der Waals surface area (Å²) in [5.74, 6) is -0.227. The summed E-state index contributed by atoms with van der Waals surface area (Å²) in [5.41, 5.74) is 4.89. The standard InChI is InChI=1S/C28H27N4O5P/c1-5-27(33)31(4)24-12-8-10-21(14-24)23-15-25-26(22-11-7-9-20(13-22)16-29)18-32(28(25)30-17-23)19(3)37-38(34,35)36-6-2/h5,7-15,17-19H,1,6H2,2-4H3,(H,34,35). The quantitative estimate of drug-likeness (QED) is 0.206. The second-order valence-electron chi connectivity index (χ2n) is 8.48. The predicted molar refractivity (Wildman–Crippen MR) is 146 cm³/mol. The van der Waals surface area contributed by atoms with Gasteiger partial charge < -0.3 is 14.4 Å². The van der Waals surface area contributed by atoms with E-state index in [0.29, 0.717) is 16.9 Å². The molecule has 0 aliphatic rings. The summed E-state index contributed by atoms with van der Waals surface area (Å²) in [6.07, 6.45) is 3.84. The third-order valence-electron chi connectivity index (χ3n) is 6.01. The number of likely N-dealkylation sites (N-methyl/N-ethyl adjacent to an activating group) is 1. The minimum Gasteiger partial charge on any atom is -0.312 e. The Labute approximate surface area is 220 Å². The van der Waals surface area contributed by atoms with Crippen LogP contribution in [-0.4, -0.2) is 34.0 Å². The highest BCUT2D eigenvalue weighted by atomic mass is 31.2. The summed E-state index contributed by atoms with van der Waals surface area (Å²) in [6, 6.07) is 18.8. The number of hydrogen-bond donors (Lipinski definition) is 1. The third kappa shape index (κ3) is 5.59. The summed E-state index contributed by atoms with van der Waals surface area (Å²) in [6.45, 7) is 6.80. The van der Waals surface area contributed by atoms with Gasteiger partial charge in [-0.15, -0.1) is 0 Å². The SMILES string of the molecule is C=CC(=O)N(C)c1cccc(-c2cnc3c(c2)c(-c2cccc(C#N)c2)cn3C(C)OP(=O)(O)OCC)c1. The van der Waals surface area contributed by atoms with Gasteiger partial charge in [0.25, 0.3) is 0 Å². The Morgan fingerprint density at radius 1 is 1.24 bits per heavy atom. The van der Waals surface area contributed by atoms with Gasteiger partial charge in [0.2, 0.25) is 5.91 Å². The normalized spacial score (nSPS) is 13.4. The molecule has 0 bridgehead atoms. The van der Waals surface area contributed by atoms with Gasteiger partial charge in [-0.2, -0.15) is 5.26 Å². The fourth-order valence-electron chi connectivity index (χ4n) is 4.15. The number of rotatable bonds is 9. The van der Waals surface area contributed by atoms with Crippen molar-refractivity contribution in [2.24, 2.45) is 0 Å². The Morgan fingerprint density at radius 3 is 2.68 bits per heavy atom. The van der Waals surface area contributed by atoms with Crippen LogP contribution in [0.4, 0.5) is 5.69 Å². The maximum Gasteiger partial charge on any atom is 0.474 e. The largest absolute Gasteiger partial charge is 0.474 e. The number of phosphoric ester groups is 1. The molecule has 2 unspecified atom stereocenters. The second kappa shape index (κ2) is 11.1. The number of anilines is 1. The lowest BCUT2D eigenvalue weighted by molar-refractivity contribution is -0.113. The number of carbonyl (C=O) groups is 1. The van der Waals surface area contributed by atoms with E-state index in [-0.39, 0.29) is 12.5 Å². The van der Waals surface area contributed by atoms with Gasteiger partial charge in [0.05, 0.1) is 18.2 Å². The van der Waals surface area contributed by atoms with Crippen LogP contribution in [0, 0.1) is 11.3 Å². The van der Waals surface area contributed by atoms with Crippen molar-refractivity contribution < 1.29 is 23.3 Å². The molecule has 10 heteroatoms. The van der Waals surface area contributed by atoms with Crippen molar-refractivity contribution in [2.75, 3.05) is 18.6 Å². The molecule has 4 rings (SSSR count). The summed E-state index contributed by atoms with van der Waals surface area (Å²) < 4.78 is 24.2. The van der Waals surface area contributed by atoms with E-state index in [1.165, 1.54) is 11.0 Å². The first kappa shape index (κ1) is 27.0. The Balaban J connectivity index is 1.86. The van der Waals surface area contributed by atoms with Crippen LogP contribution in [0.25, 0.3) is 33.3 Å². The second-order valence-corrected chi connectivity index (χ2v) is 9.89. The number of carbonyl (C=O) groups excluding carboxylic acids is 1. The Hall–Kier alpha value is -4.06. The molecule has 194 valence electrons. The number of pyridine rings is 1. The average Bonchev–Trinajstić information content (AvgIpc) is 3.31. The molecule has 0 saturated carbocycles. The number of fused-ring (bicyclic) bond motifs is 1. The van der Waals surface area contributed by atoms with Crippen LogP contribution in [0.15, 0.2) is 79.6 Å². The van der Waals surface area contributed by atoms with E-state index in [0.717, 1.165) is 27.6 Å². The summed E-state index contributed by atoms with van der Waals surface area (Å²) in [7, 11) is -2.61. The van der Waals surface area contributed by atoms with Crippen molar-refractivity contribution in [1.29, 1.82) is 5.26 Å². The fourth-order valence-corrected chi connectivity index (χ4v) is 5.02. The first-order chi connectivity index (χ1) is 18.2. The number of aromatic nitrogens is 2. The number of benzene rings is 2. The van der Waals surface area contributed by atoms with Gasteiger partial charge in [0.1, 0.15) is 11.9 Å². The molecule has 1 amide bonds. The molecule has 1 N–H and O–H groups in total. The number of nitriles is 1. The van der Waals surface area contributed by atoms with E-state index in [1.807, 2.05) is 36.4 Å². The van der Waals surface area contributed by atoms with Gasteiger partial charge in [-0.05, 0) is 61.4 Å². The molecule has 0 spiro atoms. The highest BCUT2D eigenvalue weighted by molar-refractivity contribution is 7.47. The number of nitrogens with zero attached hydrogens (tertiary/aromatic N) is 4. The maximum absolute atomic E-state index is 12.3. The molecule has 9 nitrogen and oxygen atoms in total. The maximum atomic E-state index is 12.3. The molecular formula is C28H27N4O5P. The van der Waals surface area contributed by atoms with Crippen LogP contribution < -0.4 is 4.90 Å². The molecule has 0 fully saturated rings. The molecular weight excluding hydrogens is 503 g/mol. The highest BCUT2D eigenvalue weighted by Crippen LogP contribution is 2.47. The van der Waals surface area contributed by atoms with Crippen molar-refractivity contribution in [2.45, 2.75) is 20.1 Å². The lowest BCUT2D eigenvalue weighted by Gasteiger charge is -2.19. The average molecular weight is 531 g/mol. The van der Waals surface area contributed by atoms with Crippen molar-refractivity contribution in [3.05, 3.63) is 85.2 Å². The van der Waals surface area contributed by atoms with Gasteiger partial charge in [0.15, 0.2) is 0 Å². The molecule has 0 saturated heterocycles. The van der Waals surface area contributed by atoms with Gasteiger partial charge in [-0.25, -0.2) is 9.55 Å². The number of hydrogen-bond acceptors (Lipinski definition) is 6. The zero-order valence-electron chi connectivity index (χ0n) is 21.2. The van der Waals surface area contributed by atoms with Crippen molar-refractivity contribution >= 4 is 30.5 Å². The van der Waals surface area contributed by atoms with Gasteiger partial charge >= 0.3 is 7.82 Å². The lowest BCUT2D eigenvalue weighted by atomic mass is 10.0. The van der Waals surface area contributed by atoms with Gasteiger partial charge in [0, 0.05) is 41.6 Å². The molecule has 0 radical (unpaired) electrons. The topological polar surface area (TPSA) is 118 Å². The highest BCUT2D eigenvalue weighted by Gasteiger charge is 2.26. The van der Waals surface area contributed by atoms with Crippen LogP contribution in [0.3, 0.4) is 0 Å². The summed E-state index contributed by atoms with van der Waals surface area (Å²) in [4.78, 5) is 28.3. The van der Waals surface area contributed by atoms with Crippen LogP contribution in [0.1, 0.15) is 25.6 Å². The van der Waals surface area contributed by atoms with Crippen molar-refractivity contribution in [3.63, 3.8) is 0 Å². The summed E-state index contributed by atoms with van der Waals surface area (Å²) in [5, 5.41) is 10.2. The molecule has 2 atom stereocenters. The molecule has 2 aromatic heterocycles. The van der Waals surface area contributed by atoms with Crippen LogP contribution >= 0.6 is 7.82 Å². The van der Waals surface area contributed by atoms with E-state index >= 15 is 0 Å². The van der Waals surface area contributed by atoms with E-state index in [9.17, 15) is 19.5 Å². The zero-order valence-corrected chi connectivity index (χ0v) is 22.1. The van der Waals surface area contributed by atoms with Crippen molar-refractivity contribution in [3.8, 4) is 28.3 Å². The molecule has 4 aromatic rings. The minimum absolute atomic E-state index is 0.0212. The lowest BCUT2D eigenvalue weighted by Crippen LogP contribution is -2.23. The monoisotopic (exact) mass is 530 g/mol. The van der Waals surface area contributed by atoms with E-state index in [4.69, 9.17) is 9.05 Å². The first-order valence-corrected chi connectivity index (χ1v) is 13.3. The number of phosphoric acid groups is 1. The predicted octanol–water partition coefficient (Wildman–Crippen LogP) is 6.06. The zero-order chi connectivity index (χ0) is 27.4. The third-order valence-corrected chi connectivity index (χ3v) is 7.17. The molecule has 2 aromatic carbocycles. The Bertz CT molecular complexity index is 1610. The molecule has 2 heterocycles. The Kier molecular flexibility index (Phi) is 7.91. The van der Waals surface area contributed by atoms with Crippen LogP contribution in [0.2, 0.25) is 0 Å². The number of amides is 1.